The third-order valence-electron chi connectivity index (χ3n) is 2.76. The fourth-order valence-corrected chi connectivity index (χ4v) is 2.62. The number of carbonyl (C=O) groups is 1. The highest BCUT2D eigenvalue weighted by Gasteiger charge is 2.15. The molecule has 1 aromatic carbocycles. The van der Waals surface area contributed by atoms with Crippen molar-refractivity contribution in [2.75, 3.05) is 5.75 Å². The van der Waals surface area contributed by atoms with Crippen molar-refractivity contribution in [3.05, 3.63) is 35.7 Å². The second kappa shape index (κ2) is 6.56. The van der Waals surface area contributed by atoms with Crippen LogP contribution in [-0.4, -0.2) is 31.6 Å². The van der Waals surface area contributed by atoms with E-state index in [0.29, 0.717) is 5.16 Å². The van der Waals surface area contributed by atoms with Gasteiger partial charge in [0.1, 0.15) is 5.82 Å². The molecule has 0 radical (unpaired) electrons. The Kier molecular flexibility index (Phi) is 4.79. The summed E-state index contributed by atoms with van der Waals surface area (Å²) in [6, 6.07) is 8.04. The molecule has 106 valence electrons. The van der Waals surface area contributed by atoms with E-state index in [-0.39, 0.29) is 5.75 Å². The number of rotatable bonds is 6. The van der Waals surface area contributed by atoms with E-state index in [1.165, 1.54) is 11.8 Å². The summed E-state index contributed by atoms with van der Waals surface area (Å²) in [6.45, 7) is 4.11. The van der Waals surface area contributed by atoms with Gasteiger partial charge >= 0.3 is 5.97 Å². The lowest BCUT2D eigenvalue weighted by atomic mass is 10.2. The van der Waals surface area contributed by atoms with Gasteiger partial charge < -0.3 is 5.11 Å². The first-order valence-corrected chi connectivity index (χ1v) is 7.46. The summed E-state index contributed by atoms with van der Waals surface area (Å²) < 4.78 is 1.95. The largest absolute Gasteiger partial charge is 0.481 e. The average Bonchev–Trinajstić information content (AvgIpc) is 2.80. The first kappa shape index (κ1) is 14.6. The van der Waals surface area contributed by atoms with Gasteiger partial charge in [0.05, 0.1) is 5.75 Å². The number of aromatic nitrogens is 3. The number of hydrogen-bond donors (Lipinski definition) is 1. The zero-order chi connectivity index (χ0) is 14.5. The molecule has 0 aliphatic carbocycles. The van der Waals surface area contributed by atoms with Gasteiger partial charge in [-0.25, -0.2) is 0 Å². The summed E-state index contributed by atoms with van der Waals surface area (Å²) in [5.41, 5.74) is 2.12. The highest BCUT2D eigenvalue weighted by Crippen LogP contribution is 2.23. The Bertz CT molecular complexity index is 610. The van der Waals surface area contributed by atoms with Crippen LogP contribution in [0.2, 0.25) is 0 Å². The van der Waals surface area contributed by atoms with Gasteiger partial charge in [-0.3, -0.25) is 9.36 Å². The van der Waals surface area contributed by atoms with Crippen LogP contribution in [-0.2, 0) is 11.2 Å². The molecule has 0 fully saturated rings. The van der Waals surface area contributed by atoms with E-state index >= 15 is 0 Å². The Labute approximate surface area is 122 Å². The first-order valence-electron chi connectivity index (χ1n) is 6.47. The summed E-state index contributed by atoms with van der Waals surface area (Å²) >= 11 is 1.19. The molecule has 20 heavy (non-hydrogen) atoms. The van der Waals surface area contributed by atoms with Crippen molar-refractivity contribution in [2.24, 2.45) is 0 Å². The molecule has 1 N–H and O–H groups in total. The Morgan fingerprint density at radius 3 is 2.85 bits per heavy atom. The van der Waals surface area contributed by atoms with Crippen LogP contribution in [0.4, 0.5) is 0 Å². The zero-order valence-electron chi connectivity index (χ0n) is 11.5. The topological polar surface area (TPSA) is 68.0 Å². The van der Waals surface area contributed by atoms with E-state index < -0.39 is 5.97 Å². The fourth-order valence-electron chi connectivity index (χ4n) is 1.93. The lowest BCUT2D eigenvalue weighted by molar-refractivity contribution is -0.133. The van der Waals surface area contributed by atoms with Gasteiger partial charge in [0.25, 0.3) is 0 Å². The molecule has 2 rings (SSSR count). The lowest BCUT2D eigenvalue weighted by Gasteiger charge is -2.10. The summed E-state index contributed by atoms with van der Waals surface area (Å²) in [5, 5.41) is 17.8. The van der Waals surface area contributed by atoms with Gasteiger partial charge in [0, 0.05) is 12.1 Å². The molecule has 0 spiro atoms. The third-order valence-corrected chi connectivity index (χ3v) is 3.67. The number of carboxylic acid groups (broad SMARTS) is 1. The van der Waals surface area contributed by atoms with Gasteiger partial charge in [0.2, 0.25) is 0 Å². The Morgan fingerprint density at radius 2 is 2.20 bits per heavy atom. The molecule has 0 atom stereocenters. The Morgan fingerprint density at radius 1 is 1.40 bits per heavy atom. The Hall–Kier alpha value is -1.82. The predicted octanol–water partition coefficient (Wildman–Crippen LogP) is 2.70. The van der Waals surface area contributed by atoms with Crippen molar-refractivity contribution in [1.29, 1.82) is 0 Å². The smallest absolute Gasteiger partial charge is 0.313 e. The number of thioether (sulfide) groups is 1. The van der Waals surface area contributed by atoms with Crippen molar-refractivity contribution < 1.29 is 9.90 Å². The highest BCUT2D eigenvalue weighted by atomic mass is 32.2. The van der Waals surface area contributed by atoms with Crippen LogP contribution < -0.4 is 0 Å². The number of aryl methyl sites for hydroxylation is 2. The van der Waals surface area contributed by atoms with Crippen LogP contribution in [0, 0.1) is 6.92 Å². The molecule has 0 saturated carbocycles. The lowest BCUT2D eigenvalue weighted by Crippen LogP contribution is -2.05. The van der Waals surface area contributed by atoms with E-state index in [0.717, 1.165) is 29.9 Å². The molecule has 1 heterocycles. The fraction of sp³-hybridized carbons (Fsp3) is 0.357. The highest BCUT2D eigenvalue weighted by molar-refractivity contribution is 7.99. The Balaban J connectivity index is 2.41. The second-order valence-electron chi connectivity index (χ2n) is 4.51. The van der Waals surface area contributed by atoms with Gasteiger partial charge in [-0.2, -0.15) is 0 Å². The molecule has 6 heteroatoms. The normalized spacial score (nSPS) is 10.7. The molecular formula is C14H17N3O2S. The number of nitrogens with zero attached hydrogens (tertiary/aromatic N) is 3. The zero-order valence-corrected chi connectivity index (χ0v) is 12.4. The minimum Gasteiger partial charge on any atom is -0.481 e. The summed E-state index contributed by atoms with van der Waals surface area (Å²) in [6.07, 6.45) is 1.78. The molecular weight excluding hydrogens is 274 g/mol. The van der Waals surface area contributed by atoms with Crippen molar-refractivity contribution in [3.63, 3.8) is 0 Å². The van der Waals surface area contributed by atoms with Gasteiger partial charge in [-0.05, 0) is 31.0 Å². The van der Waals surface area contributed by atoms with E-state index in [1.54, 1.807) is 0 Å². The summed E-state index contributed by atoms with van der Waals surface area (Å²) in [5.74, 6) is -0.00684. The second-order valence-corrected chi connectivity index (χ2v) is 5.45. The van der Waals surface area contributed by atoms with Crippen molar-refractivity contribution in [2.45, 2.75) is 31.8 Å². The van der Waals surface area contributed by atoms with Gasteiger partial charge in [-0.15, -0.1) is 10.2 Å². The van der Waals surface area contributed by atoms with Crippen LogP contribution in [0.3, 0.4) is 0 Å². The van der Waals surface area contributed by atoms with Gasteiger partial charge in [0.15, 0.2) is 5.16 Å². The molecule has 0 aliphatic heterocycles. The van der Waals surface area contributed by atoms with Crippen molar-refractivity contribution in [3.8, 4) is 5.69 Å². The van der Waals surface area contributed by atoms with Crippen LogP contribution in [0.15, 0.2) is 29.4 Å². The minimum absolute atomic E-state index is 0.0178. The SMILES string of the molecule is CCCc1nnc(SCC(=O)O)n1-c1cccc(C)c1. The first-order chi connectivity index (χ1) is 9.61. The van der Waals surface area contributed by atoms with E-state index in [2.05, 4.69) is 17.1 Å². The van der Waals surface area contributed by atoms with Crippen LogP contribution >= 0.6 is 11.8 Å². The number of carboxylic acids is 1. The minimum atomic E-state index is -0.856. The molecule has 5 nitrogen and oxygen atoms in total. The molecule has 0 bridgehead atoms. The monoisotopic (exact) mass is 291 g/mol. The standard InChI is InChI=1S/C14H17N3O2S/c1-3-5-12-15-16-14(20-9-13(18)19)17(12)11-7-4-6-10(2)8-11/h4,6-8H,3,5,9H2,1-2H3,(H,18,19). The van der Waals surface area contributed by atoms with E-state index in [1.807, 2.05) is 35.8 Å². The number of aliphatic carboxylic acids is 1. The molecule has 0 amide bonds. The van der Waals surface area contributed by atoms with E-state index in [4.69, 9.17) is 5.11 Å². The number of benzene rings is 1. The van der Waals surface area contributed by atoms with Crippen LogP contribution in [0.5, 0.6) is 0 Å². The summed E-state index contributed by atoms with van der Waals surface area (Å²) in [4.78, 5) is 10.7. The molecule has 2 aromatic rings. The van der Waals surface area contributed by atoms with Gasteiger partial charge in [-0.1, -0.05) is 30.8 Å². The average molecular weight is 291 g/mol. The maximum atomic E-state index is 10.7. The van der Waals surface area contributed by atoms with Crippen LogP contribution in [0.1, 0.15) is 24.7 Å². The van der Waals surface area contributed by atoms with E-state index in [9.17, 15) is 4.79 Å². The van der Waals surface area contributed by atoms with Crippen LogP contribution in [0.25, 0.3) is 5.69 Å². The summed E-state index contributed by atoms with van der Waals surface area (Å²) in [7, 11) is 0. The molecule has 1 aromatic heterocycles. The van der Waals surface area contributed by atoms with Crippen molar-refractivity contribution >= 4 is 17.7 Å². The quantitative estimate of drug-likeness (QED) is 0.829. The predicted molar refractivity (Wildman–Crippen MR) is 78.5 cm³/mol. The number of hydrogen-bond acceptors (Lipinski definition) is 4. The third kappa shape index (κ3) is 3.39. The molecule has 0 unspecified atom stereocenters. The molecule has 0 saturated heterocycles. The maximum absolute atomic E-state index is 10.7. The maximum Gasteiger partial charge on any atom is 0.313 e. The van der Waals surface area contributed by atoms with Crippen molar-refractivity contribution in [1.82, 2.24) is 14.8 Å². The molecule has 0 aliphatic rings.